The zero-order chi connectivity index (χ0) is 23.7. The highest BCUT2D eigenvalue weighted by Crippen LogP contribution is 2.37. The number of halogens is 1. The first-order chi connectivity index (χ1) is 15.8. The van der Waals surface area contributed by atoms with Gasteiger partial charge in [0, 0.05) is 31.4 Å². The van der Waals surface area contributed by atoms with Crippen LogP contribution in [0.5, 0.6) is 0 Å². The molecule has 1 saturated heterocycles. The first kappa shape index (κ1) is 23.1. The second-order valence-corrected chi connectivity index (χ2v) is 8.81. The van der Waals surface area contributed by atoms with E-state index in [0.29, 0.717) is 32.5 Å². The highest BCUT2D eigenvalue weighted by molar-refractivity contribution is 5.92. The molecule has 0 unspecified atom stereocenters. The summed E-state index contributed by atoms with van der Waals surface area (Å²) in [6, 6.07) is 0.306. The van der Waals surface area contributed by atoms with Crippen LogP contribution >= 0.6 is 0 Å². The van der Waals surface area contributed by atoms with Gasteiger partial charge in [-0.1, -0.05) is 6.42 Å². The quantitative estimate of drug-likeness (QED) is 0.399. The number of carbonyl (C=O) groups is 2. The molecule has 11 heteroatoms. The van der Waals surface area contributed by atoms with Crippen LogP contribution in [0.15, 0.2) is 17.1 Å². The number of hydrogen-bond donors (Lipinski definition) is 4. The van der Waals surface area contributed by atoms with Crippen LogP contribution in [0.2, 0.25) is 0 Å². The third kappa shape index (κ3) is 4.83. The Morgan fingerprint density at radius 2 is 2.06 bits per heavy atom. The van der Waals surface area contributed by atoms with Crippen molar-refractivity contribution in [2.24, 2.45) is 11.5 Å². The smallest absolute Gasteiger partial charge is 0.341 e. The summed E-state index contributed by atoms with van der Waals surface area (Å²) in [6.45, 7) is 1.39. The minimum Gasteiger partial charge on any atom is -0.477 e. The van der Waals surface area contributed by atoms with Gasteiger partial charge in [0.05, 0.1) is 11.4 Å². The van der Waals surface area contributed by atoms with Gasteiger partial charge in [0.1, 0.15) is 11.2 Å². The van der Waals surface area contributed by atoms with E-state index in [2.05, 4.69) is 10.3 Å². The maximum atomic E-state index is 15.0. The number of carboxylic acids is 1. The first-order valence-electron chi connectivity index (χ1n) is 11.3. The molecule has 2 atom stereocenters. The molecule has 1 amide bonds. The van der Waals surface area contributed by atoms with Crippen LogP contribution in [0.4, 0.5) is 10.2 Å². The van der Waals surface area contributed by atoms with E-state index in [1.165, 1.54) is 6.20 Å². The monoisotopic (exact) mass is 460 g/mol. The highest BCUT2D eigenvalue weighted by Gasteiger charge is 2.31. The van der Waals surface area contributed by atoms with Gasteiger partial charge in [0.15, 0.2) is 11.6 Å². The zero-order valence-corrected chi connectivity index (χ0v) is 18.3. The van der Waals surface area contributed by atoms with Gasteiger partial charge in [-0.05, 0) is 44.7 Å². The lowest BCUT2D eigenvalue weighted by atomic mass is 10.1. The van der Waals surface area contributed by atoms with E-state index in [0.717, 1.165) is 31.7 Å². The molecule has 0 bridgehead atoms. The van der Waals surface area contributed by atoms with Crippen molar-refractivity contribution in [3.05, 3.63) is 33.9 Å². The molecule has 4 rings (SSSR count). The predicted molar refractivity (Wildman–Crippen MR) is 121 cm³/mol. The summed E-state index contributed by atoms with van der Waals surface area (Å²) in [5.41, 5.74) is 10.6. The van der Waals surface area contributed by atoms with Gasteiger partial charge in [-0.25, -0.2) is 14.2 Å². The van der Waals surface area contributed by atoms with Crippen molar-refractivity contribution in [3.8, 4) is 0 Å². The number of aromatic nitrogens is 2. The number of carboxylic acid groups (broad SMARTS) is 1. The molecule has 0 spiro atoms. The van der Waals surface area contributed by atoms with Crippen LogP contribution in [0.3, 0.4) is 0 Å². The average molecular weight is 461 g/mol. The van der Waals surface area contributed by atoms with E-state index in [4.69, 9.17) is 11.5 Å². The summed E-state index contributed by atoms with van der Waals surface area (Å²) in [6.07, 6.45) is 5.73. The molecule has 33 heavy (non-hydrogen) atoms. The van der Waals surface area contributed by atoms with Gasteiger partial charge >= 0.3 is 5.97 Å². The Hall–Kier alpha value is -3.05. The molecule has 0 radical (unpaired) electrons. The number of pyridine rings is 2. The molecule has 2 aromatic heterocycles. The maximum Gasteiger partial charge on any atom is 0.341 e. The van der Waals surface area contributed by atoms with Gasteiger partial charge in [-0.3, -0.25) is 9.59 Å². The number of nitrogens with zero attached hydrogens (tertiary/aromatic N) is 3. The van der Waals surface area contributed by atoms with Crippen molar-refractivity contribution in [3.63, 3.8) is 0 Å². The topological polar surface area (TPSA) is 157 Å². The van der Waals surface area contributed by atoms with Gasteiger partial charge in [-0.2, -0.15) is 0 Å². The van der Waals surface area contributed by atoms with E-state index >= 15 is 4.39 Å². The average Bonchev–Trinajstić information content (AvgIpc) is 3.52. The number of anilines is 1. The number of rotatable bonds is 9. The van der Waals surface area contributed by atoms with Crippen molar-refractivity contribution >= 4 is 28.7 Å². The molecular weight excluding hydrogens is 431 g/mol. The third-order valence-corrected chi connectivity index (χ3v) is 6.25. The Morgan fingerprint density at radius 1 is 1.30 bits per heavy atom. The Kier molecular flexibility index (Phi) is 6.61. The number of fused-ring (bicyclic) bond motifs is 1. The minimum atomic E-state index is -1.35. The van der Waals surface area contributed by atoms with Gasteiger partial charge in [0.25, 0.3) is 0 Å². The van der Waals surface area contributed by atoms with E-state index in [9.17, 15) is 19.5 Å². The lowest BCUT2D eigenvalue weighted by Gasteiger charge is -2.21. The number of hydrogen-bond acceptors (Lipinski definition) is 7. The molecule has 0 aromatic carbocycles. The fourth-order valence-corrected chi connectivity index (χ4v) is 4.26. The molecule has 1 aliphatic heterocycles. The summed E-state index contributed by atoms with van der Waals surface area (Å²) in [5, 5.41) is 12.2. The van der Waals surface area contributed by atoms with E-state index in [1.807, 2.05) is 0 Å². The maximum absolute atomic E-state index is 15.0. The fourth-order valence-electron chi connectivity index (χ4n) is 4.26. The minimum absolute atomic E-state index is 0.0448. The van der Waals surface area contributed by atoms with Gasteiger partial charge in [0.2, 0.25) is 11.3 Å². The van der Waals surface area contributed by atoms with E-state index in [-0.39, 0.29) is 34.8 Å². The van der Waals surface area contributed by atoms with Gasteiger partial charge < -0.3 is 31.4 Å². The number of nitrogens with two attached hydrogens (primary N) is 2. The molecule has 2 aromatic rings. The Labute approximate surface area is 189 Å². The molecular formula is C22H29FN6O4. The molecule has 3 heterocycles. The van der Waals surface area contributed by atoms with Crippen LogP contribution < -0.4 is 27.1 Å². The van der Waals surface area contributed by atoms with E-state index < -0.39 is 28.8 Å². The summed E-state index contributed by atoms with van der Waals surface area (Å²) in [4.78, 5) is 42.6. The molecule has 1 aliphatic carbocycles. The van der Waals surface area contributed by atoms with Crippen LogP contribution in [0.25, 0.3) is 11.0 Å². The summed E-state index contributed by atoms with van der Waals surface area (Å²) in [5.74, 6) is -2.20. The Bertz CT molecular complexity index is 1130. The predicted octanol–water partition coefficient (Wildman–Crippen LogP) is 0.720. The number of amides is 1. The number of unbranched alkanes of at least 4 members (excludes halogenated alkanes) is 1. The normalized spacial score (nSPS) is 19.1. The van der Waals surface area contributed by atoms with Crippen LogP contribution in [0, 0.1) is 5.82 Å². The zero-order valence-electron chi connectivity index (χ0n) is 18.3. The SMILES string of the molecule is NCCCC[C@H](N)C(=O)N[C@@H]1CCN(c2nc3c(cc2F)c(=O)c(C(=O)O)cn3C2CC2)C1. The molecule has 10 nitrogen and oxygen atoms in total. The largest absolute Gasteiger partial charge is 0.477 e. The number of aromatic carboxylic acids is 1. The fraction of sp³-hybridized carbons (Fsp3) is 0.545. The lowest BCUT2D eigenvalue weighted by molar-refractivity contribution is -0.123. The Balaban J connectivity index is 1.54. The van der Waals surface area contributed by atoms with Crippen LogP contribution in [-0.2, 0) is 4.79 Å². The van der Waals surface area contributed by atoms with Crippen LogP contribution in [0.1, 0.15) is 54.9 Å². The van der Waals surface area contributed by atoms with Crippen molar-refractivity contribution in [1.82, 2.24) is 14.9 Å². The summed E-state index contributed by atoms with van der Waals surface area (Å²) >= 11 is 0. The second-order valence-electron chi connectivity index (χ2n) is 8.81. The van der Waals surface area contributed by atoms with Crippen molar-refractivity contribution in [2.75, 3.05) is 24.5 Å². The molecule has 2 fully saturated rings. The van der Waals surface area contributed by atoms with Gasteiger partial charge in [-0.15, -0.1) is 0 Å². The summed E-state index contributed by atoms with van der Waals surface area (Å²) in [7, 11) is 0. The van der Waals surface area contributed by atoms with Crippen molar-refractivity contribution < 1.29 is 19.1 Å². The van der Waals surface area contributed by atoms with Crippen molar-refractivity contribution in [2.45, 2.75) is 56.7 Å². The highest BCUT2D eigenvalue weighted by atomic mass is 19.1. The summed E-state index contributed by atoms with van der Waals surface area (Å²) < 4.78 is 16.7. The molecule has 1 saturated carbocycles. The lowest BCUT2D eigenvalue weighted by Crippen LogP contribution is -2.46. The van der Waals surface area contributed by atoms with Crippen LogP contribution in [-0.4, -0.2) is 58.3 Å². The molecule has 6 N–H and O–H groups in total. The molecule has 178 valence electrons. The van der Waals surface area contributed by atoms with E-state index in [1.54, 1.807) is 9.47 Å². The standard InChI is InChI=1S/C22H29FN6O4/c23-16-9-14-18(30)15(22(32)33)11-29(13-4-5-13)19(14)27-20(16)28-8-6-12(10-28)26-21(31)17(25)3-1-2-7-24/h9,11-13,17H,1-8,10,24-25H2,(H,26,31)(H,32,33)/t12-,17+/m1/s1. The molecule has 2 aliphatic rings. The second kappa shape index (κ2) is 9.44. The number of carbonyl (C=O) groups excluding carboxylic acids is 1. The number of nitrogens with one attached hydrogen (secondary N) is 1. The Morgan fingerprint density at radius 3 is 2.73 bits per heavy atom. The first-order valence-corrected chi connectivity index (χ1v) is 11.3. The van der Waals surface area contributed by atoms with Crippen molar-refractivity contribution in [1.29, 1.82) is 0 Å². The third-order valence-electron chi connectivity index (χ3n) is 6.25.